The molecule has 8 heteroatoms. The summed E-state index contributed by atoms with van der Waals surface area (Å²) in [5.41, 5.74) is 0.938. The van der Waals surface area contributed by atoms with E-state index in [-0.39, 0.29) is 0 Å². The van der Waals surface area contributed by atoms with Crippen LogP contribution in [-0.4, -0.2) is 29.7 Å². The van der Waals surface area contributed by atoms with Crippen molar-refractivity contribution in [3.63, 3.8) is 0 Å². The van der Waals surface area contributed by atoms with Gasteiger partial charge in [-0.2, -0.15) is 13.5 Å². The van der Waals surface area contributed by atoms with Gasteiger partial charge < -0.3 is 5.11 Å². The lowest BCUT2D eigenvalue weighted by molar-refractivity contribution is 0.0692. The molecule has 1 aromatic carbocycles. The van der Waals surface area contributed by atoms with E-state index in [1.807, 2.05) is 13.0 Å². The third-order valence-electron chi connectivity index (χ3n) is 2.69. The number of sulfonamides is 1. The monoisotopic (exact) mass is 295 g/mol. The van der Waals surface area contributed by atoms with Crippen molar-refractivity contribution in [2.24, 2.45) is 0 Å². The number of hydrogen-bond donors (Lipinski definition) is 3. The molecule has 0 aliphatic rings. The molecule has 106 valence electrons. The summed E-state index contributed by atoms with van der Waals surface area (Å²) in [6, 6.07) is 6.88. The predicted octanol–water partition coefficient (Wildman–Crippen LogP) is 1.47. The van der Waals surface area contributed by atoms with Crippen molar-refractivity contribution in [3.8, 4) is 0 Å². The second kappa shape index (κ2) is 5.33. The van der Waals surface area contributed by atoms with E-state index in [0.29, 0.717) is 5.69 Å². The molecule has 2 aromatic rings. The fraction of sp³-hybridized carbons (Fsp3) is 0.167. The molecule has 0 atom stereocenters. The molecule has 0 bridgehead atoms. The lowest BCUT2D eigenvalue weighted by Gasteiger charge is -2.08. The van der Waals surface area contributed by atoms with Crippen LogP contribution in [0.3, 0.4) is 0 Å². The summed E-state index contributed by atoms with van der Waals surface area (Å²) >= 11 is 0. The van der Waals surface area contributed by atoms with Gasteiger partial charge in [0.1, 0.15) is 5.56 Å². The number of aromatic nitrogens is 2. The minimum Gasteiger partial charge on any atom is -0.478 e. The van der Waals surface area contributed by atoms with Crippen LogP contribution in [0, 0.1) is 0 Å². The highest BCUT2D eigenvalue weighted by atomic mass is 32.2. The van der Waals surface area contributed by atoms with Gasteiger partial charge in [0.05, 0.1) is 6.20 Å². The van der Waals surface area contributed by atoms with E-state index in [1.165, 1.54) is 0 Å². The lowest BCUT2D eigenvalue weighted by Crippen LogP contribution is -2.16. The number of aromatic carboxylic acids is 1. The topological polar surface area (TPSA) is 112 Å². The van der Waals surface area contributed by atoms with Gasteiger partial charge >= 0.3 is 5.97 Å². The molecule has 0 saturated heterocycles. The normalized spacial score (nSPS) is 11.2. The van der Waals surface area contributed by atoms with Gasteiger partial charge in [-0.05, 0) is 24.1 Å². The second-order valence-corrected chi connectivity index (χ2v) is 5.70. The molecule has 1 heterocycles. The van der Waals surface area contributed by atoms with Crippen LogP contribution < -0.4 is 4.72 Å². The summed E-state index contributed by atoms with van der Waals surface area (Å²) in [6.45, 7) is 1.95. The predicted molar refractivity (Wildman–Crippen MR) is 72.2 cm³/mol. The molecule has 0 unspecified atom stereocenters. The van der Waals surface area contributed by atoms with Crippen molar-refractivity contribution < 1.29 is 18.3 Å². The molecule has 0 fully saturated rings. The number of H-pyrrole nitrogens is 1. The highest BCUT2D eigenvalue weighted by Gasteiger charge is 2.24. The van der Waals surface area contributed by atoms with Crippen molar-refractivity contribution in [2.45, 2.75) is 18.4 Å². The Hall–Kier alpha value is -2.35. The van der Waals surface area contributed by atoms with Gasteiger partial charge in [0.25, 0.3) is 10.0 Å². The van der Waals surface area contributed by atoms with Gasteiger partial charge in [0, 0.05) is 5.69 Å². The standard InChI is InChI=1S/C12H13N3O4S/c1-2-8-4-3-5-9(6-8)15-20(18,19)11-10(12(16)17)7-13-14-11/h3-7,15H,2H2,1H3,(H,13,14)(H,16,17). The first-order valence-electron chi connectivity index (χ1n) is 5.82. The Labute approximate surface area is 115 Å². The van der Waals surface area contributed by atoms with Crippen LogP contribution in [0.5, 0.6) is 0 Å². The van der Waals surface area contributed by atoms with E-state index in [4.69, 9.17) is 5.11 Å². The fourth-order valence-corrected chi connectivity index (χ4v) is 2.83. The first-order chi connectivity index (χ1) is 9.44. The molecule has 0 aliphatic heterocycles. The van der Waals surface area contributed by atoms with E-state index in [0.717, 1.165) is 18.2 Å². The highest BCUT2D eigenvalue weighted by Crippen LogP contribution is 2.18. The summed E-state index contributed by atoms with van der Waals surface area (Å²) in [5.74, 6) is -1.36. The van der Waals surface area contributed by atoms with Crippen molar-refractivity contribution in [1.29, 1.82) is 0 Å². The largest absolute Gasteiger partial charge is 0.478 e. The number of aryl methyl sites for hydroxylation is 1. The molecule has 7 nitrogen and oxygen atoms in total. The minimum atomic E-state index is -4.02. The number of rotatable bonds is 5. The van der Waals surface area contributed by atoms with Gasteiger partial charge in [-0.1, -0.05) is 19.1 Å². The smallest absolute Gasteiger partial charge is 0.340 e. The Morgan fingerprint density at radius 2 is 2.20 bits per heavy atom. The number of carbonyl (C=O) groups is 1. The summed E-state index contributed by atoms with van der Waals surface area (Å²) in [7, 11) is -4.02. The van der Waals surface area contributed by atoms with Crippen LogP contribution in [-0.2, 0) is 16.4 Å². The van der Waals surface area contributed by atoms with Gasteiger partial charge in [0.15, 0.2) is 5.03 Å². The van der Waals surface area contributed by atoms with Gasteiger partial charge in [0.2, 0.25) is 0 Å². The van der Waals surface area contributed by atoms with Crippen molar-refractivity contribution in [3.05, 3.63) is 41.6 Å². The van der Waals surface area contributed by atoms with Gasteiger partial charge in [-0.15, -0.1) is 0 Å². The molecule has 0 spiro atoms. The summed E-state index contributed by atoms with van der Waals surface area (Å²) in [4.78, 5) is 10.9. The second-order valence-electron chi connectivity index (χ2n) is 4.08. The van der Waals surface area contributed by atoms with Crippen molar-refractivity contribution >= 4 is 21.7 Å². The van der Waals surface area contributed by atoms with E-state index in [9.17, 15) is 13.2 Å². The summed E-state index contributed by atoms with van der Waals surface area (Å²) in [5, 5.41) is 14.1. The maximum Gasteiger partial charge on any atom is 0.340 e. The van der Waals surface area contributed by atoms with Crippen molar-refractivity contribution in [2.75, 3.05) is 4.72 Å². The van der Waals surface area contributed by atoms with Crippen LogP contribution in [0.25, 0.3) is 0 Å². The highest BCUT2D eigenvalue weighted by molar-refractivity contribution is 7.92. The molecule has 20 heavy (non-hydrogen) atoms. The first kappa shape index (κ1) is 14.1. The zero-order chi connectivity index (χ0) is 14.8. The van der Waals surface area contributed by atoms with Crippen molar-refractivity contribution in [1.82, 2.24) is 10.2 Å². The van der Waals surface area contributed by atoms with Crippen LogP contribution >= 0.6 is 0 Å². The maximum absolute atomic E-state index is 12.1. The zero-order valence-corrected chi connectivity index (χ0v) is 11.4. The zero-order valence-electron chi connectivity index (χ0n) is 10.6. The minimum absolute atomic E-state index is 0.371. The number of nitrogens with one attached hydrogen (secondary N) is 2. The van der Waals surface area contributed by atoms with Crippen LogP contribution in [0.15, 0.2) is 35.5 Å². The Morgan fingerprint density at radius 1 is 1.45 bits per heavy atom. The van der Waals surface area contributed by atoms with E-state index >= 15 is 0 Å². The molecule has 2 rings (SSSR count). The number of anilines is 1. The number of benzene rings is 1. The number of carboxylic acids is 1. The fourth-order valence-electron chi connectivity index (χ4n) is 1.69. The summed E-state index contributed by atoms with van der Waals surface area (Å²) in [6.07, 6.45) is 1.72. The average molecular weight is 295 g/mol. The third kappa shape index (κ3) is 2.80. The Bertz CT molecular complexity index is 737. The molecule has 0 aliphatic carbocycles. The van der Waals surface area contributed by atoms with Crippen LogP contribution in [0.1, 0.15) is 22.8 Å². The Balaban J connectivity index is 2.35. The van der Waals surface area contributed by atoms with E-state index in [1.54, 1.807) is 18.2 Å². The average Bonchev–Trinajstić information content (AvgIpc) is 2.88. The van der Waals surface area contributed by atoms with E-state index < -0.39 is 26.6 Å². The third-order valence-corrected chi connectivity index (χ3v) is 4.04. The Kier molecular flexibility index (Phi) is 3.75. The molecular formula is C12H13N3O4S. The van der Waals surface area contributed by atoms with Gasteiger partial charge in [-0.25, -0.2) is 4.79 Å². The summed E-state index contributed by atoms with van der Waals surface area (Å²) < 4.78 is 26.6. The first-order valence-corrected chi connectivity index (χ1v) is 7.30. The number of aromatic amines is 1. The molecule has 1 aromatic heterocycles. The lowest BCUT2D eigenvalue weighted by atomic mass is 10.1. The molecule has 0 saturated carbocycles. The van der Waals surface area contributed by atoms with Gasteiger partial charge in [-0.3, -0.25) is 9.82 Å². The molecule has 0 radical (unpaired) electrons. The Morgan fingerprint density at radius 3 is 2.85 bits per heavy atom. The number of carboxylic acid groups (broad SMARTS) is 1. The SMILES string of the molecule is CCc1cccc(NS(=O)(=O)c2[nH]ncc2C(=O)O)c1. The quantitative estimate of drug-likeness (QED) is 0.773. The molecular weight excluding hydrogens is 282 g/mol. The molecule has 3 N–H and O–H groups in total. The molecule has 0 amide bonds. The number of hydrogen-bond acceptors (Lipinski definition) is 4. The van der Waals surface area contributed by atoms with E-state index in [2.05, 4.69) is 14.9 Å². The number of nitrogens with zero attached hydrogens (tertiary/aromatic N) is 1. The van der Waals surface area contributed by atoms with Crippen LogP contribution in [0.2, 0.25) is 0 Å². The van der Waals surface area contributed by atoms with Crippen LogP contribution in [0.4, 0.5) is 5.69 Å². The maximum atomic E-state index is 12.1.